The summed E-state index contributed by atoms with van der Waals surface area (Å²) in [6, 6.07) is 12.0. The summed E-state index contributed by atoms with van der Waals surface area (Å²) < 4.78 is 34.6. The van der Waals surface area contributed by atoms with E-state index in [1.165, 1.54) is 11.3 Å². The van der Waals surface area contributed by atoms with E-state index < -0.39 is 10.0 Å². The number of ether oxygens (including phenoxy) is 1. The van der Waals surface area contributed by atoms with Crippen LogP contribution in [0.3, 0.4) is 0 Å². The molecule has 1 aromatic heterocycles. The van der Waals surface area contributed by atoms with Gasteiger partial charge in [0.25, 0.3) is 5.91 Å². The molecule has 0 N–H and O–H groups in total. The molecule has 0 saturated carbocycles. The molecule has 1 aliphatic rings. The van der Waals surface area contributed by atoms with Crippen molar-refractivity contribution in [3.63, 3.8) is 0 Å². The average molecular weight is 531 g/mol. The normalized spacial score (nSPS) is 17.0. The third kappa shape index (κ3) is 5.56. The van der Waals surface area contributed by atoms with Crippen LogP contribution < -0.4 is 9.64 Å². The van der Waals surface area contributed by atoms with Crippen molar-refractivity contribution >= 4 is 42.6 Å². The van der Waals surface area contributed by atoms with Gasteiger partial charge in [-0.2, -0.15) is 4.31 Å². The number of likely N-dealkylation sites (N-methyl/N-ethyl adjacent to an activating group) is 1. The molecule has 1 unspecified atom stereocenters. The van der Waals surface area contributed by atoms with E-state index in [9.17, 15) is 13.2 Å². The summed E-state index contributed by atoms with van der Waals surface area (Å²) in [5.41, 5.74) is 1.20. The second-order valence-corrected chi connectivity index (χ2v) is 12.2. The van der Waals surface area contributed by atoms with Gasteiger partial charge in [-0.1, -0.05) is 24.7 Å². The van der Waals surface area contributed by atoms with Crippen LogP contribution in [0.4, 0.5) is 5.13 Å². The summed E-state index contributed by atoms with van der Waals surface area (Å²) in [7, 11) is 1.91. The van der Waals surface area contributed by atoms with Gasteiger partial charge in [-0.05, 0) is 69.8 Å². The molecule has 10 heteroatoms. The van der Waals surface area contributed by atoms with Crippen molar-refractivity contribution < 1.29 is 17.9 Å². The van der Waals surface area contributed by atoms with Gasteiger partial charge in [0.2, 0.25) is 10.0 Å². The maximum atomic E-state index is 13.6. The summed E-state index contributed by atoms with van der Waals surface area (Å²) in [5, 5.41) is 0.598. The second kappa shape index (κ2) is 11.2. The zero-order chi connectivity index (χ0) is 25.9. The topological polar surface area (TPSA) is 83.1 Å². The molecule has 2 aromatic carbocycles. The first-order valence-electron chi connectivity index (χ1n) is 12.3. The Labute approximate surface area is 217 Å². The number of carbonyl (C=O) groups excluding carboxylic acids is 1. The van der Waals surface area contributed by atoms with Crippen molar-refractivity contribution in [3.8, 4) is 5.75 Å². The Morgan fingerprint density at radius 2 is 1.89 bits per heavy atom. The molecule has 194 valence electrons. The van der Waals surface area contributed by atoms with Gasteiger partial charge in [-0.3, -0.25) is 9.69 Å². The molecule has 1 fully saturated rings. The number of sulfonamides is 1. The molecule has 4 rings (SSSR count). The summed E-state index contributed by atoms with van der Waals surface area (Å²) in [4.78, 5) is 22.2. The van der Waals surface area contributed by atoms with E-state index in [4.69, 9.17) is 9.72 Å². The molecule has 36 heavy (non-hydrogen) atoms. The van der Waals surface area contributed by atoms with Crippen LogP contribution in [-0.4, -0.2) is 75.4 Å². The maximum absolute atomic E-state index is 13.6. The number of benzene rings is 2. The van der Waals surface area contributed by atoms with Gasteiger partial charge in [0, 0.05) is 37.3 Å². The van der Waals surface area contributed by atoms with E-state index in [1.807, 2.05) is 44.1 Å². The van der Waals surface area contributed by atoms with Crippen LogP contribution in [0, 0.1) is 0 Å². The lowest BCUT2D eigenvalue weighted by Gasteiger charge is -2.34. The number of hydrogen-bond donors (Lipinski definition) is 0. The molecule has 0 radical (unpaired) electrons. The van der Waals surface area contributed by atoms with Crippen molar-refractivity contribution in [3.05, 3.63) is 48.0 Å². The monoisotopic (exact) mass is 530 g/mol. The molecule has 2 heterocycles. The van der Waals surface area contributed by atoms with Gasteiger partial charge in [0.1, 0.15) is 5.75 Å². The quantitative estimate of drug-likeness (QED) is 0.406. The highest BCUT2D eigenvalue weighted by atomic mass is 32.2. The third-order valence-corrected chi connectivity index (χ3v) is 9.61. The number of hydrogen-bond acceptors (Lipinski definition) is 7. The molecule has 0 bridgehead atoms. The van der Waals surface area contributed by atoms with Crippen LogP contribution in [0.25, 0.3) is 10.2 Å². The van der Waals surface area contributed by atoms with Crippen LogP contribution in [-0.2, 0) is 10.0 Å². The zero-order valence-electron chi connectivity index (χ0n) is 21.3. The van der Waals surface area contributed by atoms with Crippen LogP contribution in [0.15, 0.2) is 47.4 Å². The summed E-state index contributed by atoms with van der Waals surface area (Å²) in [5.74, 6) is 0.498. The first-order chi connectivity index (χ1) is 17.2. The van der Waals surface area contributed by atoms with Gasteiger partial charge in [-0.25, -0.2) is 13.4 Å². The fourth-order valence-electron chi connectivity index (χ4n) is 4.48. The molecule has 8 nitrogen and oxygen atoms in total. The number of piperidine rings is 1. The van der Waals surface area contributed by atoms with Crippen LogP contribution in [0.5, 0.6) is 5.75 Å². The van der Waals surface area contributed by atoms with Crippen LogP contribution in [0.2, 0.25) is 0 Å². The van der Waals surface area contributed by atoms with Crippen molar-refractivity contribution in [2.75, 3.05) is 45.7 Å². The SMILES string of the molecule is CCC1CCCCN1S(=O)(=O)c1ccc(C(=O)N(CCN(C)C)c2nc3cc(OC)ccc3s2)cc1. The van der Waals surface area contributed by atoms with Crippen molar-refractivity contribution in [2.24, 2.45) is 0 Å². The number of methoxy groups -OCH3 is 1. The van der Waals surface area contributed by atoms with Crippen LogP contribution in [0.1, 0.15) is 43.0 Å². The highest BCUT2D eigenvalue weighted by molar-refractivity contribution is 7.89. The van der Waals surface area contributed by atoms with Gasteiger partial charge in [-0.15, -0.1) is 0 Å². The molecular weight excluding hydrogens is 496 g/mol. The molecule has 1 atom stereocenters. The average Bonchev–Trinajstić information content (AvgIpc) is 3.31. The highest BCUT2D eigenvalue weighted by Crippen LogP contribution is 2.32. The number of aromatic nitrogens is 1. The Kier molecular flexibility index (Phi) is 8.29. The summed E-state index contributed by atoms with van der Waals surface area (Å²) >= 11 is 1.45. The Hall–Kier alpha value is -2.53. The predicted molar refractivity (Wildman–Crippen MR) is 145 cm³/mol. The molecule has 1 aliphatic heterocycles. The van der Waals surface area contributed by atoms with E-state index in [2.05, 4.69) is 0 Å². The highest BCUT2D eigenvalue weighted by Gasteiger charge is 2.32. The smallest absolute Gasteiger partial charge is 0.260 e. The molecule has 3 aromatic rings. The van der Waals surface area contributed by atoms with E-state index in [1.54, 1.807) is 40.6 Å². The Balaban J connectivity index is 1.62. The molecule has 1 saturated heterocycles. The van der Waals surface area contributed by atoms with Crippen molar-refractivity contribution in [1.29, 1.82) is 0 Å². The Morgan fingerprint density at radius 3 is 2.56 bits per heavy atom. The standard InChI is InChI=1S/C26H34N4O4S2/c1-5-20-8-6-7-15-30(20)36(32,33)22-12-9-19(10-13-22)25(31)29(17-16-28(2)3)26-27-23-18-21(34-4)11-14-24(23)35-26/h9-14,18,20H,5-8,15-17H2,1-4H3. The van der Waals surface area contributed by atoms with Crippen molar-refractivity contribution in [2.45, 2.75) is 43.5 Å². The molecular formula is C26H34N4O4S2. The number of anilines is 1. The number of amides is 1. The molecule has 0 aliphatic carbocycles. The molecule has 1 amide bonds. The lowest BCUT2D eigenvalue weighted by Crippen LogP contribution is -2.43. The summed E-state index contributed by atoms with van der Waals surface area (Å²) in [6.45, 7) is 3.68. The zero-order valence-corrected chi connectivity index (χ0v) is 22.9. The first-order valence-corrected chi connectivity index (χ1v) is 14.5. The fourth-order valence-corrected chi connectivity index (χ4v) is 7.22. The number of thiazole rings is 1. The molecule has 0 spiro atoms. The Morgan fingerprint density at radius 1 is 1.14 bits per heavy atom. The van der Waals surface area contributed by atoms with Gasteiger partial charge >= 0.3 is 0 Å². The lowest BCUT2D eigenvalue weighted by molar-refractivity contribution is 0.0985. The number of carbonyl (C=O) groups is 1. The summed E-state index contributed by atoms with van der Waals surface area (Å²) in [6.07, 6.45) is 3.62. The van der Waals surface area contributed by atoms with Crippen molar-refractivity contribution in [1.82, 2.24) is 14.2 Å². The van der Waals surface area contributed by atoms with E-state index in [0.717, 1.165) is 35.9 Å². The maximum Gasteiger partial charge on any atom is 0.260 e. The third-order valence-electron chi connectivity index (χ3n) is 6.58. The number of rotatable bonds is 9. The number of fused-ring (bicyclic) bond motifs is 1. The fraction of sp³-hybridized carbons (Fsp3) is 0.462. The number of nitrogens with zero attached hydrogens (tertiary/aromatic N) is 4. The first kappa shape index (κ1) is 26.5. The minimum atomic E-state index is -3.60. The minimum Gasteiger partial charge on any atom is -0.497 e. The van der Waals surface area contributed by atoms with Gasteiger partial charge < -0.3 is 9.64 Å². The largest absolute Gasteiger partial charge is 0.497 e. The second-order valence-electron chi connectivity index (χ2n) is 9.29. The Bertz CT molecular complexity index is 1310. The van der Waals surface area contributed by atoms with E-state index in [-0.39, 0.29) is 16.8 Å². The van der Waals surface area contributed by atoms with Crippen LogP contribution >= 0.6 is 11.3 Å². The van der Waals surface area contributed by atoms with Gasteiger partial charge in [0.05, 0.1) is 22.2 Å². The lowest BCUT2D eigenvalue weighted by atomic mass is 10.0. The predicted octanol–water partition coefficient (Wildman–Crippen LogP) is 4.47. The van der Waals surface area contributed by atoms with Gasteiger partial charge in [0.15, 0.2) is 5.13 Å². The van der Waals surface area contributed by atoms with E-state index in [0.29, 0.717) is 36.1 Å². The van der Waals surface area contributed by atoms with E-state index >= 15 is 0 Å². The minimum absolute atomic E-state index is 0.0317.